The van der Waals surface area contributed by atoms with E-state index in [1.807, 2.05) is 0 Å². The summed E-state index contributed by atoms with van der Waals surface area (Å²) in [6.07, 6.45) is 3.01. The Morgan fingerprint density at radius 2 is 2.43 bits per heavy atom. The highest BCUT2D eigenvalue weighted by Gasteiger charge is 2.04. The zero-order valence-corrected chi connectivity index (χ0v) is 8.58. The molecular formula is C8H11N3O2S. The topological polar surface area (TPSA) is 78.1 Å². The number of nitrogens with two attached hydrogens (primary N) is 1. The van der Waals surface area contributed by atoms with Crippen LogP contribution < -0.4 is 5.73 Å². The highest BCUT2D eigenvalue weighted by Crippen LogP contribution is 2.14. The van der Waals surface area contributed by atoms with Gasteiger partial charge in [0.15, 0.2) is 0 Å². The first-order valence-corrected chi connectivity index (χ1v) is 5.07. The number of esters is 1. The quantitative estimate of drug-likeness (QED) is 0.586. The minimum atomic E-state index is -0.262. The molecule has 14 heavy (non-hydrogen) atoms. The molecule has 6 heteroatoms. The molecule has 76 valence electrons. The summed E-state index contributed by atoms with van der Waals surface area (Å²) in [5, 5.41) is 0.623. The smallest absolute Gasteiger partial charge is 0.316 e. The molecule has 0 saturated carbocycles. The number of ether oxygens (including phenoxy) is 1. The van der Waals surface area contributed by atoms with Crippen molar-refractivity contribution >= 4 is 23.5 Å². The number of hydrogen-bond acceptors (Lipinski definition) is 6. The summed E-state index contributed by atoms with van der Waals surface area (Å²) in [6, 6.07) is 0. The third-order valence-electron chi connectivity index (χ3n) is 1.27. The van der Waals surface area contributed by atoms with Gasteiger partial charge in [-0.25, -0.2) is 4.98 Å². The summed E-state index contributed by atoms with van der Waals surface area (Å²) in [7, 11) is 0. The minimum absolute atomic E-state index is 0.228. The number of rotatable bonds is 4. The summed E-state index contributed by atoms with van der Waals surface area (Å²) in [6.45, 7) is 2.16. The summed E-state index contributed by atoms with van der Waals surface area (Å²) in [5.41, 5.74) is 5.42. The number of anilines is 1. The molecule has 2 N–H and O–H groups in total. The van der Waals surface area contributed by atoms with Crippen LogP contribution in [0.2, 0.25) is 0 Å². The molecule has 0 atom stereocenters. The standard InChI is InChI=1S/C8H11N3O2S/c1-2-13-8(12)5-14-7-4-10-3-6(9)11-7/h3-4H,2,5H2,1H3,(H2,9,11). The van der Waals surface area contributed by atoms with Crippen LogP contribution in [0.5, 0.6) is 0 Å². The molecule has 0 spiro atoms. The van der Waals surface area contributed by atoms with Crippen molar-refractivity contribution in [2.24, 2.45) is 0 Å². The van der Waals surface area contributed by atoms with Gasteiger partial charge >= 0.3 is 5.97 Å². The first kappa shape index (κ1) is 10.8. The van der Waals surface area contributed by atoms with Crippen molar-refractivity contribution in [1.82, 2.24) is 9.97 Å². The van der Waals surface area contributed by atoms with Crippen molar-refractivity contribution in [1.29, 1.82) is 0 Å². The molecule has 5 nitrogen and oxygen atoms in total. The van der Waals surface area contributed by atoms with E-state index in [0.29, 0.717) is 17.5 Å². The molecule has 1 aromatic heterocycles. The van der Waals surface area contributed by atoms with Gasteiger partial charge in [0.1, 0.15) is 10.8 Å². The van der Waals surface area contributed by atoms with E-state index >= 15 is 0 Å². The van der Waals surface area contributed by atoms with E-state index in [2.05, 4.69) is 9.97 Å². The van der Waals surface area contributed by atoms with Gasteiger partial charge in [-0.2, -0.15) is 0 Å². The van der Waals surface area contributed by atoms with Gasteiger partial charge in [0.2, 0.25) is 0 Å². The number of thioether (sulfide) groups is 1. The zero-order valence-electron chi connectivity index (χ0n) is 7.77. The van der Waals surface area contributed by atoms with Crippen LogP contribution in [0.4, 0.5) is 5.82 Å². The van der Waals surface area contributed by atoms with Crippen LogP contribution >= 0.6 is 11.8 Å². The highest BCUT2D eigenvalue weighted by atomic mass is 32.2. The summed E-state index contributed by atoms with van der Waals surface area (Å²) in [4.78, 5) is 18.8. The van der Waals surface area contributed by atoms with Gasteiger partial charge < -0.3 is 10.5 Å². The van der Waals surface area contributed by atoms with E-state index in [9.17, 15) is 4.79 Å². The third kappa shape index (κ3) is 3.61. The Labute approximate surface area is 86.1 Å². The van der Waals surface area contributed by atoms with Crippen molar-refractivity contribution in [2.45, 2.75) is 11.9 Å². The molecule has 0 bridgehead atoms. The Balaban J connectivity index is 2.41. The Bertz CT molecular complexity index is 319. The highest BCUT2D eigenvalue weighted by molar-refractivity contribution is 7.99. The predicted molar refractivity (Wildman–Crippen MR) is 53.8 cm³/mol. The van der Waals surface area contributed by atoms with Gasteiger partial charge in [-0.05, 0) is 6.92 Å². The van der Waals surface area contributed by atoms with E-state index in [-0.39, 0.29) is 11.7 Å². The van der Waals surface area contributed by atoms with Gasteiger partial charge in [0.05, 0.1) is 24.8 Å². The molecule has 0 aliphatic heterocycles. The maximum atomic E-state index is 11.0. The lowest BCUT2D eigenvalue weighted by atomic mass is 10.7. The van der Waals surface area contributed by atoms with Gasteiger partial charge in [0.25, 0.3) is 0 Å². The maximum absolute atomic E-state index is 11.0. The predicted octanol–water partition coefficient (Wildman–Crippen LogP) is 0.714. The van der Waals surface area contributed by atoms with Crippen LogP contribution in [0.1, 0.15) is 6.92 Å². The second-order valence-corrected chi connectivity index (χ2v) is 3.37. The van der Waals surface area contributed by atoms with Crippen LogP contribution in [-0.2, 0) is 9.53 Å². The maximum Gasteiger partial charge on any atom is 0.316 e. The third-order valence-corrected chi connectivity index (χ3v) is 2.15. The molecule has 0 aromatic carbocycles. The van der Waals surface area contributed by atoms with Crippen LogP contribution in [0, 0.1) is 0 Å². The fourth-order valence-electron chi connectivity index (χ4n) is 0.767. The fourth-order valence-corrected chi connectivity index (χ4v) is 1.42. The molecule has 0 amide bonds. The van der Waals surface area contributed by atoms with Crippen LogP contribution in [-0.4, -0.2) is 28.3 Å². The van der Waals surface area contributed by atoms with Crippen molar-refractivity contribution in [3.63, 3.8) is 0 Å². The Kier molecular flexibility index (Phi) is 4.18. The molecule has 1 heterocycles. The van der Waals surface area contributed by atoms with Crippen molar-refractivity contribution in [3.05, 3.63) is 12.4 Å². The summed E-state index contributed by atoms with van der Waals surface area (Å²) >= 11 is 1.25. The van der Waals surface area contributed by atoms with E-state index in [4.69, 9.17) is 10.5 Å². The summed E-state index contributed by atoms with van der Waals surface area (Å²) < 4.78 is 4.75. The molecular weight excluding hydrogens is 202 g/mol. The van der Waals surface area contributed by atoms with Gasteiger partial charge in [0, 0.05) is 0 Å². The molecule has 0 aliphatic rings. The molecule has 0 aliphatic carbocycles. The van der Waals surface area contributed by atoms with Gasteiger partial charge in [-0.1, -0.05) is 11.8 Å². The van der Waals surface area contributed by atoms with E-state index in [0.717, 1.165) is 0 Å². The van der Waals surface area contributed by atoms with Crippen molar-refractivity contribution in [2.75, 3.05) is 18.1 Å². The van der Waals surface area contributed by atoms with Crippen molar-refractivity contribution < 1.29 is 9.53 Å². The Morgan fingerprint density at radius 3 is 3.07 bits per heavy atom. The lowest BCUT2D eigenvalue weighted by molar-refractivity contribution is -0.139. The largest absolute Gasteiger partial charge is 0.465 e. The molecule has 0 radical (unpaired) electrons. The Morgan fingerprint density at radius 1 is 1.64 bits per heavy atom. The van der Waals surface area contributed by atoms with E-state index in [1.54, 1.807) is 13.1 Å². The number of hydrogen-bond donors (Lipinski definition) is 1. The molecule has 1 aromatic rings. The lowest BCUT2D eigenvalue weighted by Crippen LogP contribution is -2.06. The average molecular weight is 213 g/mol. The second kappa shape index (κ2) is 5.43. The molecule has 0 unspecified atom stereocenters. The first-order chi connectivity index (χ1) is 6.72. The second-order valence-electron chi connectivity index (χ2n) is 2.38. The zero-order chi connectivity index (χ0) is 10.4. The number of aromatic nitrogens is 2. The minimum Gasteiger partial charge on any atom is -0.465 e. The number of carbonyl (C=O) groups is 1. The number of carbonyl (C=O) groups excluding carboxylic acids is 1. The van der Waals surface area contributed by atoms with Crippen molar-refractivity contribution in [3.8, 4) is 0 Å². The average Bonchev–Trinajstić information content (AvgIpc) is 2.15. The Hall–Kier alpha value is -1.30. The van der Waals surface area contributed by atoms with Gasteiger partial charge in [-0.3, -0.25) is 9.78 Å². The van der Waals surface area contributed by atoms with Crippen LogP contribution in [0.15, 0.2) is 17.4 Å². The van der Waals surface area contributed by atoms with E-state index in [1.165, 1.54) is 18.0 Å². The molecule has 0 saturated heterocycles. The lowest BCUT2D eigenvalue weighted by Gasteiger charge is -2.01. The van der Waals surface area contributed by atoms with Gasteiger partial charge in [-0.15, -0.1) is 0 Å². The number of nitrogen functional groups attached to an aromatic ring is 1. The van der Waals surface area contributed by atoms with Crippen LogP contribution in [0.3, 0.4) is 0 Å². The van der Waals surface area contributed by atoms with E-state index < -0.39 is 0 Å². The molecule has 0 fully saturated rings. The SMILES string of the molecule is CCOC(=O)CSc1cncc(N)n1. The first-order valence-electron chi connectivity index (χ1n) is 4.08. The summed E-state index contributed by atoms with van der Waals surface area (Å²) in [5.74, 6) is 0.312. The number of nitrogens with zero attached hydrogens (tertiary/aromatic N) is 2. The fraction of sp³-hybridized carbons (Fsp3) is 0.375. The van der Waals surface area contributed by atoms with Crippen LogP contribution in [0.25, 0.3) is 0 Å². The molecule has 1 rings (SSSR count). The normalized spacial score (nSPS) is 9.79. The monoisotopic (exact) mass is 213 g/mol.